The van der Waals surface area contributed by atoms with Crippen molar-refractivity contribution in [3.05, 3.63) is 52.9 Å². The number of aromatic nitrogens is 1. The van der Waals surface area contributed by atoms with E-state index in [1.165, 1.54) is 24.0 Å². The molecule has 0 aliphatic carbocycles. The van der Waals surface area contributed by atoms with E-state index in [2.05, 4.69) is 54.2 Å². The molecule has 0 bridgehead atoms. The third-order valence-electron chi connectivity index (χ3n) is 4.28. The third kappa shape index (κ3) is 3.35. The van der Waals surface area contributed by atoms with E-state index in [1.807, 2.05) is 0 Å². The molecule has 2 aromatic rings. The maximum atomic E-state index is 5.46. The molecule has 112 valence electrons. The summed E-state index contributed by atoms with van der Waals surface area (Å²) in [5.41, 5.74) is 3.81. The maximum absolute atomic E-state index is 5.46. The predicted octanol–water partition coefficient (Wildman–Crippen LogP) is 4.27. The smallest absolute Gasteiger partial charge is 0.137 e. The molecule has 1 atom stereocenters. The summed E-state index contributed by atoms with van der Waals surface area (Å²) >= 11 is 0. The van der Waals surface area contributed by atoms with E-state index < -0.39 is 0 Å². The highest BCUT2D eigenvalue weighted by Gasteiger charge is 2.28. The van der Waals surface area contributed by atoms with Gasteiger partial charge in [0.05, 0.1) is 6.04 Å². The summed E-state index contributed by atoms with van der Waals surface area (Å²) in [4.78, 5) is 2.53. The van der Waals surface area contributed by atoms with Crippen molar-refractivity contribution in [2.24, 2.45) is 0 Å². The molecular weight excluding hydrogens is 260 g/mol. The van der Waals surface area contributed by atoms with Crippen molar-refractivity contribution in [3.8, 4) is 0 Å². The minimum Gasteiger partial charge on any atom is -0.361 e. The van der Waals surface area contributed by atoms with Crippen LogP contribution in [0.5, 0.6) is 0 Å². The number of rotatable bonds is 5. The zero-order chi connectivity index (χ0) is 14.7. The van der Waals surface area contributed by atoms with Crippen molar-refractivity contribution in [1.82, 2.24) is 10.1 Å². The molecule has 0 spiro atoms. The SMILES string of the molecule is CCCc1cc(C2CCCN2Cc2ccc(C)cc2)no1. The van der Waals surface area contributed by atoms with E-state index in [1.54, 1.807) is 0 Å². The zero-order valence-corrected chi connectivity index (χ0v) is 13.0. The number of likely N-dealkylation sites (tertiary alicyclic amines) is 1. The Morgan fingerprint density at radius 3 is 2.86 bits per heavy atom. The topological polar surface area (TPSA) is 29.3 Å². The van der Waals surface area contributed by atoms with Crippen LogP contribution in [0.4, 0.5) is 0 Å². The highest BCUT2D eigenvalue weighted by molar-refractivity contribution is 5.22. The van der Waals surface area contributed by atoms with Crippen molar-refractivity contribution in [2.75, 3.05) is 6.54 Å². The van der Waals surface area contributed by atoms with Crippen LogP contribution in [0.25, 0.3) is 0 Å². The van der Waals surface area contributed by atoms with Gasteiger partial charge in [0.25, 0.3) is 0 Å². The molecule has 0 N–H and O–H groups in total. The van der Waals surface area contributed by atoms with Gasteiger partial charge >= 0.3 is 0 Å². The Kier molecular flexibility index (Phi) is 4.39. The average molecular weight is 284 g/mol. The summed E-state index contributed by atoms with van der Waals surface area (Å²) < 4.78 is 5.46. The van der Waals surface area contributed by atoms with Crippen molar-refractivity contribution in [3.63, 3.8) is 0 Å². The lowest BCUT2D eigenvalue weighted by molar-refractivity contribution is 0.236. The van der Waals surface area contributed by atoms with Crippen molar-refractivity contribution >= 4 is 0 Å². The monoisotopic (exact) mass is 284 g/mol. The number of hydrogen-bond donors (Lipinski definition) is 0. The summed E-state index contributed by atoms with van der Waals surface area (Å²) in [6, 6.07) is 11.4. The van der Waals surface area contributed by atoms with E-state index in [0.717, 1.165) is 37.4 Å². The predicted molar refractivity (Wildman–Crippen MR) is 84.1 cm³/mol. The lowest BCUT2D eigenvalue weighted by atomic mass is 10.1. The van der Waals surface area contributed by atoms with E-state index in [0.29, 0.717) is 6.04 Å². The minimum absolute atomic E-state index is 0.417. The number of aryl methyl sites for hydroxylation is 2. The molecule has 3 rings (SSSR count). The van der Waals surface area contributed by atoms with Gasteiger partial charge in [-0.3, -0.25) is 4.90 Å². The number of nitrogens with zero attached hydrogens (tertiary/aromatic N) is 2. The molecule has 3 heteroatoms. The molecule has 1 saturated heterocycles. The molecule has 1 aliphatic heterocycles. The Labute approximate surface area is 126 Å². The minimum atomic E-state index is 0.417. The average Bonchev–Trinajstić information content (AvgIpc) is 3.11. The van der Waals surface area contributed by atoms with E-state index in [-0.39, 0.29) is 0 Å². The van der Waals surface area contributed by atoms with Crippen LogP contribution in [0.15, 0.2) is 34.9 Å². The van der Waals surface area contributed by atoms with Crippen LogP contribution in [0.1, 0.15) is 54.8 Å². The Bertz CT molecular complexity index is 573. The van der Waals surface area contributed by atoms with Crippen LogP contribution in [0.3, 0.4) is 0 Å². The van der Waals surface area contributed by atoms with Crippen LogP contribution >= 0.6 is 0 Å². The molecule has 1 aliphatic rings. The highest BCUT2D eigenvalue weighted by Crippen LogP contribution is 2.32. The van der Waals surface area contributed by atoms with Gasteiger partial charge < -0.3 is 4.52 Å². The standard InChI is InChI=1S/C18H24N2O/c1-3-5-16-12-17(19-21-16)18-6-4-11-20(18)13-15-9-7-14(2)8-10-15/h7-10,12,18H,3-6,11,13H2,1-2H3. The van der Waals surface area contributed by atoms with Crippen molar-refractivity contribution in [2.45, 2.75) is 52.1 Å². The lowest BCUT2D eigenvalue weighted by Crippen LogP contribution is -2.22. The number of hydrogen-bond acceptors (Lipinski definition) is 3. The second-order valence-corrected chi connectivity index (χ2v) is 6.08. The van der Waals surface area contributed by atoms with Gasteiger partial charge in [-0.1, -0.05) is 41.9 Å². The lowest BCUT2D eigenvalue weighted by Gasteiger charge is -2.22. The van der Waals surface area contributed by atoms with Crippen molar-refractivity contribution in [1.29, 1.82) is 0 Å². The molecule has 0 radical (unpaired) electrons. The molecule has 2 heterocycles. The summed E-state index contributed by atoms with van der Waals surface area (Å²) in [6.45, 7) is 6.45. The van der Waals surface area contributed by atoms with Gasteiger partial charge in [-0.25, -0.2) is 0 Å². The van der Waals surface area contributed by atoms with Gasteiger partial charge in [0.1, 0.15) is 11.5 Å². The molecule has 0 amide bonds. The zero-order valence-electron chi connectivity index (χ0n) is 13.0. The van der Waals surface area contributed by atoms with Gasteiger partial charge in [-0.15, -0.1) is 0 Å². The second-order valence-electron chi connectivity index (χ2n) is 6.08. The highest BCUT2D eigenvalue weighted by atomic mass is 16.5. The normalized spacial score (nSPS) is 19.2. The van der Waals surface area contributed by atoms with Crippen LogP contribution in [0, 0.1) is 6.92 Å². The van der Waals surface area contributed by atoms with Crippen LogP contribution in [0.2, 0.25) is 0 Å². The summed E-state index contributed by atoms with van der Waals surface area (Å²) in [5, 5.41) is 4.31. The van der Waals surface area contributed by atoms with Gasteiger partial charge in [-0.2, -0.15) is 0 Å². The molecule has 3 nitrogen and oxygen atoms in total. The molecular formula is C18H24N2O. The molecule has 0 saturated carbocycles. The fourth-order valence-corrected chi connectivity index (χ4v) is 3.13. The fourth-order valence-electron chi connectivity index (χ4n) is 3.13. The van der Waals surface area contributed by atoms with Crippen LogP contribution in [-0.4, -0.2) is 16.6 Å². The van der Waals surface area contributed by atoms with Gasteiger partial charge in [0.15, 0.2) is 0 Å². The second kappa shape index (κ2) is 6.44. The summed E-state index contributed by atoms with van der Waals surface area (Å²) in [7, 11) is 0. The Hall–Kier alpha value is -1.61. The Morgan fingerprint density at radius 2 is 2.10 bits per heavy atom. The quantitative estimate of drug-likeness (QED) is 0.821. The maximum Gasteiger partial charge on any atom is 0.137 e. The van der Waals surface area contributed by atoms with Crippen LogP contribution < -0.4 is 0 Å². The van der Waals surface area contributed by atoms with E-state index >= 15 is 0 Å². The summed E-state index contributed by atoms with van der Waals surface area (Å²) in [6.07, 6.45) is 4.51. The molecule has 1 fully saturated rings. The molecule has 1 aromatic heterocycles. The largest absolute Gasteiger partial charge is 0.361 e. The first-order chi connectivity index (χ1) is 10.3. The Balaban J connectivity index is 1.70. The first-order valence-corrected chi connectivity index (χ1v) is 8.01. The first kappa shape index (κ1) is 14.3. The molecule has 1 unspecified atom stereocenters. The van der Waals surface area contributed by atoms with Gasteiger partial charge in [0.2, 0.25) is 0 Å². The van der Waals surface area contributed by atoms with Gasteiger partial charge in [-0.05, 0) is 38.3 Å². The molecule has 21 heavy (non-hydrogen) atoms. The van der Waals surface area contributed by atoms with Gasteiger partial charge in [0, 0.05) is 19.0 Å². The number of benzene rings is 1. The Morgan fingerprint density at radius 1 is 1.29 bits per heavy atom. The third-order valence-corrected chi connectivity index (χ3v) is 4.28. The van der Waals surface area contributed by atoms with E-state index in [4.69, 9.17) is 4.52 Å². The molecule has 1 aromatic carbocycles. The fraction of sp³-hybridized carbons (Fsp3) is 0.500. The van der Waals surface area contributed by atoms with E-state index in [9.17, 15) is 0 Å². The summed E-state index contributed by atoms with van der Waals surface area (Å²) in [5.74, 6) is 1.02. The van der Waals surface area contributed by atoms with Crippen molar-refractivity contribution < 1.29 is 4.52 Å². The van der Waals surface area contributed by atoms with Crippen LogP contribution in [-0.2, 0) is 13.0 Å². The first-order valence-electron chi connectivity index (χ1n) is 8.01.